The van der Waals surface area contributed by atoms with Gasteiger partial charge in [0.15, 0.2) is 0 Å². The van der Waals surface area contributed by atoms with Crippen LogP contribution in [0.5, 0.6) is 0 Å². The molecule has 0 saturated heterocycles. The van der Waals surface area contributed by atoms with Crippen molar-refractivity contribution in [3.63, 3.8) is 0 Å². The van der Waals surface area contributed by atoms with E-state index >= 15 is 0 Å². The number of amidine groups is 1. The van der Waals surface area contributed by atoms with Crippen LogP contribution in [0.15, 0.2) is 28.2 Å². The Kier molecular flexibility index (Phi) is 1.94. The molecular formula is C6H8N2O2. The van der Waals surface area contributed by atoms with Gasteiger partial charge in [0.25, 0.3) is 0 Å². The second-order valence-electron chi connectivity index (χ2n) is 1.90. The average Bonchev–Trinajstić information content (AvgIpc) is 2.40. The lowest BCUT2D eigenvalue weighted by molar-refractivity contribution is 0.317. The highest BCUT2D eigenvalue weighted by Crippen LogP contribution is 1.99. The molecular weight excluding hydrogens is 132 g/mol. The maximum absolute atomic E-state index is 8.17. The SMILES string of the molecule is N/C(Cc1ccoc1)=N/O. The molecule has 0 unspecified atom stereocenters. The molecule has 1 rings (SSSR count). The zero-order valence-corrected chi connectivity index (χ0v) is 5.32. The molecule has 1 heterocycles. The Hall–Kier alpha value is -1.45. The molecule has 3 N–H and O–H groups in total. The van der Waals surface area contributed by atoms with Crippen molar-refractivity contribution in [2.24, 2.45) is 10.9 Å². The first-order valence-electron chi connectivity index (χ1n) is 2.80. The van der Waals surface area contributed by atoms with Gasteiger partial charge in [-0.05, 0) is 11.6 Å². The molecule has 1 aromatic heterocycles. The summed E-state index contributed by atoms with van der Waals surface area (Å²) in [6, 6.07) is 1.76. The molecule has 4 heteroatoms. The van der Waals surface area contributed by atoms with Gasteiger partial charge in [-0.1, -0.05) is 5.16 Å². The monoisotopic (exact) mass is 140 g/mol. The Bertz CT molecular complexity index is 216. The Morgan fingerprint density at radius 1 is 1.80 bits per heavy atom. The molecule has 1 aromatic rings. The van der Waals surface area contributed by atoms with Crippen molar-refractivity contribution in [1.29, 1.82) is 0 Å². The van der Waals surface area contributed by atoms with Gasteiger partial charge in [-0.25, -0.2) is 0 Å². The van der Waals surface area contributed by atoms with Crippen molar-refractivity contribution in [3.8, 4) is 0 Å². The number of nitrogens with two attached hydrogens (primary N) is 1. The topological polar surface area (TPSA) is 71.8 Å². The minimum absolute atomic E-state index is 0.182. The van der Waals surface area contributed by atoms with E-state index in [0.717, 1.165) is 5.56 Å². The van der Waals surface area contributed by atoms with Crippen LogP contribution in [0.4, 0.5) is 0 Å². The van der Waals surface area contributed by atoms with Crippen LogP contribution in [0, 0.1) is 0 Å². The van der Waals surface area contributed by atoms with Gasteiger partial charge in [0.05, 0.1) is 12.5 Å². The summed E-state index contributed by atoms with van der Waals surface area (Å²) in [5, 5.41) is 11.0. The van der Waals surface area contributed by atoms with Crippen molar-refractivity contribution in [1.82, 2.24) is 0 Å². The van der Waals surface area contributed by atoms with E-state index in [4.69, 9.17) is 15.4 Å². The van der Waals surface area contributed by atoms with Crippen LogP contribution < -0.4 is 5.73 Å². The zero-order chi connectivity index (χ0) is 7.40. The number of hydrogen-bond acceptors (Lipinski definition) is 3. The lowest BCUT2D eigenvalue weighted by Gasteiger charge is -1.91. The number of oxime groups is 1. The number of furan rings is 1. The highest BCUT2D eigenvalue weighted by molar-refractivity contribution is 5.81. The van der Waals surface area contributed by atoms with E-state index in [0.29, 0.717) is 6.42 Å². The lowest BCUT2D eigenvalue weighted by Crippen LogP contribution is -2.13. The molecule has 0 amide bonds. The Morgan fingerprint density at radius 2 is 2.60 bits per heavy atom. The van der Waals surface area contributed by atoms with Crippen LogP contribution in [-0.2, 0) is 6.42 Å². The molecule has 10 heavy (non-hydrogen) atoms. The molecule has 4 nitrogen and oxygen atoms in total. The first-order chi connectivity index (χ1) is 4.83. The largest absolute Gasteiger partial charge is 0.472 e. The summed E-state index contributed by atoms with van der Waals surface area (Å²) in [5.74, 6) is 0.182. The Morgan fingerprint density at radius 3 is 3.10 bits per heavy atom. The molecule has 0 radical (unpaired) electrons. The molecule has 0 spiro atoms. The van der Waals surface area contributed by atoms with Gasteiger partial charge < -0.3 is 15.4 Å². The third-order valence-corrected chi connectivity index (χ3v) is 1.09. The minimum Gasteiger partial charge on any atom is -0.472 e. The fraction of sp³-hybridized carbons (Fsp3) is 0.167. The van der Waals surface area contributed by atoms with Gasteiger partial charge in [0.1, 0.15) is 5.84 Å². The molecule has 0 aliphatic heterocycles. The number of hydrogen-bond donors (Lipinski definition) is 2. The third kappa shape index (κ3) is 1.51. The smallest absolute Gasteiger partial charge is 0.143 e. The molecule has 0 bridgehead atoms. The lowest BCUT2D eigenvalue weighted by atomic mass is 10.2. The summed E-state index contributed by atoms with van der Waals surface area (Å²) in [7, 11) is 0. The molecule has 54 valence electrons. The fourth-order valence-corrected chi connectivity index (χ4v) is 0.638. The van der Waals surface area contributed by atoms with Crippen LogP contribution >= 0.6 is 0 Å². The van der Waals surface area contributed by atoms with E-state index in [1.165, 1.54) is 0 Å². The van der Waals surface area contributed by atoms with Gasteiger partial charge in [-0.15, -0.1) is 0 Å². The molecule has 0 fully saturated rings. The van der Waals surface area contributed by atoms with Crippen molar-refractivity contribution in [2.75, 3.05) is 0 Å². The number of rotatable bonds is 2. The van der Waals surface area contributed by atoms with Gasteiger partial charge in [-0.3, -0.25) is 0 Å². The van der Waals surface area contributed by atoms with E-state index in [9.17, 15) is 0 Å². The zero-order valence-electron chi connectivity index (χ0n) is 5.32. The average molecular weight is 140 g/mol. The first-order valence-corrected chi connectivity index (χ1v) is 2.80. The van der Waals surface area contributed by atoms with Gasteiger partial charge in [-0.2, -0.15) is 0 Å². The molecule has 0 aromatic carbocycles. The second kappa shape index (κ2) is 2.91. The second-order valence-corrected chi connectivity index (χ2v) is 1.90. The van der Waals surface area contributed by atoms with Gasteiger partial charge >= 0.3 is 0 Å². The van der Waals surface area contributed by atoms with Crippen molar-refractivity contribution in [2.45, 2.75) is 6.42 Å². The summed E-state index contributed by atoms with van der Waals surface area (Å²) >= 11 is 0. The van der Waals surface area contributed by atoms with Crippen molar-refractivity contribution in [3.05, 3.63) is 24.2 Å². The van der Waals surface area contributed by atoms with Crippen molar-refractivity contribution < 1.29 is 9.62 Å². The van der Waals surface area contributed by atoms with E-state index < -0.39 is 0 Å². The fourth-order valence-electron chi connectivity index (χ4n) is 0.638. The molecule has 0 aliphatic rings. The van der Waals surface area contributed by atoms with Crippen LogP contribution in [0.25, 0.3) is 0 Å². The summed E-state index contributed by atoms with van der Waals surface area (Å²) in [4.78, 5) is 0. The molecule has 0 saturated carbocycles. The summed E-state index contributed by atoms with van der Waals surface area (Å²) < 4.78 is 4.77. The normalized spacial score (nSPS) is 11.8. The Balaban J connectivity index is 2.56. The van der Waals surface area contributed by atoms with Crippen LogP contribution in [0.1, 0.15) is 5.56 Å². The van der Waals surface area contributed by atoms with Crippen LogP contribution in [0.3, 0.4) is 0 Å². The maximum atomic E-state index is 8.17. The van der Waals surface area contributed by atoms with E-state index in [-0.39, 0.29) is 5.84 Å². The van der Waals surface area contributed by atoms with Gasteiger partial charge in [0.2, 0.25) is 0 Å². The predicted molar refractivity (Wildman–Crippen MR) is 35.8 cm³/mol. The van der Waals surface area contributed by atoms with Gasteiger partial charge in [0, 0.05) is 6.42 Å². The van der Waals surface area contributed by atoms with Crippen LogP contribution in [0.2, 0.25) is 0 Å². The minimum atomic E-state index is 0.182. The quantitative estimate of drug-likeness (QED) is 0.273. The van der Waals surface area contributed by atoms with E-state index in [1.54, 1.807) is 18.6 Å². The first kappa shape index (κ1) is 6.67. The van der Waals surface area contributed by atoms with E-state index in [2.05, 4.69) is 5.16 Å². The highest BCUT2D eigenvalue weighted by atomic mass is 16.4. The molecule has 0 atom stereocenters. The number of nitrogens with zero attached hydrogens (tertiary/aromatic N) is 1. The predicted octanol–water partition coefficient (Wildman–Crippen LogP) is 0.569. The van der Waals surface area contributed by atoms with E-state index in [1.807, 2.05) is 0 Å². The maximum Gasteiger partial charge on any atom is 0.143 e. The summed E-state index contributed by atoms with van der Waals surface area (Å²) in [5.41, 5.74) is 6.12. The summed E-state index contributed by atoms with van der Waals surface area (Å²) in [6.45, 7) is 0. The molecule has 0 aliphatic carbocycles. The third-order valence-electron chi connectivity index (χ3n) is 1.09. The van der Waals surface area contributed by atoms with Crippen LogP contribution in [-0.4, -0.2) is 11.0 Å². The standard InChI is InChI=1S/C6H8N2O2/c7-6(8-9)3-5-1-2-10-4-5/h1-2,4,9H,3H2,(H2,7,8). The highest BCUT2D eigenvalue weighted by Gasteiger charge is 1.96. The van der Waals surface area contributed by atoms with Crippen molar-refractivity contribution >= 4 is 5.84 Å². The Labute approximate surface area is 57.9 Å². The summed E-state index contributed by atoms with van der Waals surface area (Å²) in [6.07, 6.45) is 3.52.